The van der Waals surface area contributed by atoms with E-state index in [9.17, 15) is 0 Å². The van der Waals surface area contributed by atoms with Gasteiger partial charge in [-0.2, -0.15) is 0 Å². The van der Waals surface area contributed by atoms with Gasteiger partial charge in [-0.3, -0.25) is 4.98 Å². The Morgan fingerprint density at radius 1 is 0.913 bits per heavy atom. The molecule has 4 aromatic rings. The fourth-order valence-electron chi connectivity index (χ4n) is 2.87. The van der Waals surface area contributed by atoms with Crippen LogP contribution in [-0.2, 0) is 6.54 Å². The third-order valence-corrected chi connectivity index (χ3v) is 4.05. The normalized spacial score (nSPS) is 11.0. The first-order valence-corrected chi connectivity index (χ1v) is 7.73. The fourth-order valence-corrected chi connectivity index (χ4v) is 2.87. The molecule has 1 N–H and O–H groups in total. The summed E-state index contributed by atoms with van der Waals surface area (Å²) in [6.07, 6.45) is 3.74. The molecule has 3 heteroatoms. The summed E-state index contributed by atoms with van der Waals surface area (Å²) >= 11 is 0. The number of fused-ring (bicyclic) bond motifs is 3. The third-order valence-electron chi connectivity index (χ3n) is 4.05. The molecular formula is C20H17N3. The molecule has 2 aromatic heterocycles. The van der Waals surface area contributed by atoms with Gasteiger partial charge in [-0.15, -0.1) is 0 Å². The number of aryl methyl sites for hydroxylation is 1. The van der Waals surface area contributed by atoms with Crippen LogP contribution in [0.1, 0.15) is 11.1 Å². The quantitative estimate of drug-likeness (QED) is 0.557. The van der Waals surface area contributed by atoms with Crippen molar-refractivity contribution in [2.75, 3.05) is 5.32 Å². The van der Waals surface area contributed by atoms with Crippen molar-refractivity contribution >= 4 is 27.5 Å². The Kier molecular flexibility index (Phi) is 3.39. The van der Waals surface area contributed by atoms with Crippen LogP contribution >= 0.6 is 0 Å². The molecule has 0 radical (unpaired) electrons. The zero-order valence-corrected chi connectivity index (χ0v) is 13.0. The molecule has 2 aromatic carbocycles. The summed E-state index contributed by atoms with van der Waals surface area (Å²) in [6.45, 7) is 2.84. The van der Waals surface area contributed by atoms with Crippen molar-refractivity contribution in [1.29, 1.82) is 0 Å². The van der Waals surface area contributed by atoms with Crippen LogP contribution in [0.15, 0.2) is 67.0 Å². The van der Waals surface area contributed by atoms with Gasteiger partial charge < -0.3 is 5.32 Å². The minimum atomic E-state index is 0.753. The Morgan fingerprint density at radius 3 is 2.65 bits per heavy atom. The standard InChI is InChI=1S/C20H17N3/c1-14-7-8-16-18-13-21-10-9-17(18)20(23-19(16)11-14)22-12-15-5-3-2-4-6-15/h2-11,13H,12H2,1H3,(H,22,23). The molecule has 0 spiro atoms. The van der Waals surface area contributed by atoms with E-state index in [0.29, 0.717) is 0 Å². The van der Waals surface area contributed by atoms with Crippen LogP contribution in [0.2, 0.25) is 0 Å². The van der Waals surface area contributed by atoms with Crippen LogP contribution in [0.25, 0.3) is 21.7 Å². The van der Waals surface area contributed by atoms with E-state index >= 15 is 0 Å². The van der Waals surface area contributed by atoms with E-state index in [0.717, 1.165) is 34.0 Å². The average molecular weight is 299 g/mol. The summed E-state index contributed by atoms with van der Waals surface area (Å²) in [4.78, 5) is 9.13. The van der Waals surface area contributed by atoms with E-state index < -0.39 is 0 Å². The highest BCUT2D eigenvalue weighted by Gasteiger charge is 2.08. The SMILES string of the molecule is Cc1ccc2c(c1)nc(NCc1ccccc1)c1ccncc12. The lowest BCUT2D eigenvalue weighted by atomic mass is 10.1. The van der Waals surface area contributed by atoms with E-state index in [4.69, 9.17) is 4.98 Å². The summed E-state index contributed by atoms with van der Waals surface area (Å²) in [7, 11) is 0. The van der Waals surface area contributed by atoms with Crippen molar-refractivity contribution in [3.63, 3.8) is 0 Å². The molecule has 0 atom stereocenters. The van der Waals surface area contributed by atoms with E-state index in [1.54, 1.807) is 0 Å². The predicted octanol–water partition coefficient (Wildman–Crippen LogP) is 4.70. The van der Waals surface area contributed by atoms with Gasteiger partial charge in [0.1, 0.15) is 5.82 Å². The molecular weight excluding hydrogens is 282 g/mol. The van der Waals surface area contributed by atoms with Gasteiger partial charge in [0.15, 0.2) is 0 Å². The maximum Gasteiger partial charge on any atom is 0.134 e. The zero-order valence-electron chi connectivity index (χ0n) is 13.0. The van der Waals surface area contributed by atoms with E-state index in [2.05, 4.69) is 59.7 Å². The number of rotatable bonds is 3. The number of aromatic nitrogens is 2. The molecule has 23 heavy (non-hydrogen) atoms. The number of nitrogens with one attached hydrogen (secondary N) is 1. The highest BCUT2D eigenvalue weighted by Crippen LogP contribution is 2.29. The molecule has 0 fully saturated rings. The van der Waals surface area contributed by atoms with E-state index in [1.807, 2.05) is 24.5 Å². The second-order valence-corrected chi connectivity index (χ2v) is 5.74. The third kappa shape index (κ3) is 2.61. The molecule has 2 heterocycles. The second-order valence-electron chi connectivity index (χ2n) is 5.74. The molecule has 0 saturated heterocycles. The Hall–Kier alpha value is -2.94. The number of pyridine rings is 2. The molecule has 0 aliphatic carbocycles. The maximum atomic E-state index is 4.84. The number of nitrogens with zero attached hydrogens (tertiary/aromatic N) is 2. The lowest BCUT2D eigenvalue weighted by Gasteiger charge is -2.12. The summed E-state index contributed by atoms with van der Waals surface area (Å²) < 4.78 is 0. The van der Waals surface area contributed by atoms with Crippen molar-refractivity contribution in [1.82, 2.24) is 9.97 Å². The van der Waals surface area contributed by atoms with Gasteiger partial charge in [-0.25, -0.2) is 4.98 Å². The van der Waals surface area contributed by atoms with Crippen LogP contribution in [0.4, 0.5) is 5.82 Å². The van der Waals surface area contributed by atoms with Gasteiger partial charge in [0, 0.05) is 35.1 Å². The fraction of sp³-hybridized carbons (Fsp3) is 0.100. The van der Waals surface area contributed by atoms with Gasteiger partial charge in [0.2, 0.25) is 0 Å². The number of hydrogen-bond donors (Lipinski definition) is 1. The average Bonchev–Trinajstić information content (AvgIpc) is 2.60. The summed E-state index contributed by atoms with van der Waals surface area (Å²) in [5.41, 5.74) is 3.45. The first-order chi connectivity index (χ1) is 11.3. The number of anilines is 1. The lowest BCUT2D eigenvalue weighted by molar-refractivity contribution is 1.13. The Balaban J connectivity index is 1.83. The van der Waals surface area contributed by atoms with Crippen LogP contribution in [0, 0.1) is 6.92 Å². The zero-order chi connectivity index (χ0) is 15.6. The molecule has 112 valence electrons. The molecule has 0 bridgehead atoms. The van der Waals surface area contributed by atoms with Gasteiger partial charge in [-0.05, 0) is 30.2 Å². The first-order valence-electron chi connectivity index (χ1n) is 7.73. The van der Waals surface area contributed by atoms with E-state index in [-0.39, 0.29) is 0 Å². The predicted molar refractivity (Wildman–Crippen MR) is 95.5 cm³/mol. The molecule has 0 aliphatic heterocycles. The minimum absolute atomic E-state index is 0.753. The van der Waals surface area contributed by atoms with Crippen molar-refractivity contribution < 1.29 is 0 Å². The largest absolute Gasteiger partial charge is 0.365 e. The van der Waals surface area contributed by atoms with Crippen molar-refractivity contribution in [3.05, 3.63) is 78.1 Å². The second kappa shape index (κ2) is 5.69. The van der Waals surface area contributed by atoms with Crippen molar-refractivity contribution in [2.24, 2.45) is 0 Å². The molecule has 0 amide bonds. The Bertz CT molecular complexity index is 978. The van der Waals surface area contributed by atoms with Crippen LogP contribution in [0.5, 0.6) is 0 Å². The first kappa shape index (κ1) is 13.7. The number of benzene rings is 2. The lowest BCUT2D eigenvalue weighted by Crippen LogP contribution is -2.02. The van der Waals surface area contributed by atoms with Crippen molar-refractivity contribution in [3.8, 4) is 0 Å². The molecule has 0 aliphatic rings. The van der Waals surface area contributed by atoms with Gasteiger partial charge >= 0.3 is 0 Å². The van der Waals surface area contributed by atoms with Gasteiger partial charge in [0.05, 0.1) is 5.52 Å². The Morgan fingerprint density at radius 2 is 1.78 bits per heavy atom. The molecule has 0 unspecified atom stereocenters. The summed E-state index contributed by atoms with van der Waals surface area (Å²) in [5.74, 6) is 0.907. The van der Waals surface area contributed by atoms with Crippen LogP contribution in [0.3, 0.4) is 0 Å². The summed E-state index contributed by atoms with van der Waals surface area (Å²) in [5, 5.41) is 6.86. The van der Waals surface area contributed by atoms with Crippen LogP contribution in [-0.4, -0.2) is 9.97 Å². The molecule has 4 rings (SSSR count). The van der Waals surface area contributed by atoms with Gasteiger partial charge in [0.25, 0.3) is 0 Å². The highest BCUT2D eigenvalue weighted by molar-refractivity contribution is 6.09. The smallest absolute Gasteiger partial charge is 0.134 e. The topological polar surface area (TPSA) is 37.8 Å². The number of hydrogen-bond acceptors (Lipinski definition) is 3. The maximum absolute atomic E-state index is 4.84. The summed E-state index contributed by atoms with van der Waals surface area (Å²) in [6, 6.07) is 18.7. The van der Waals surface area contributed by atoms with E-state index in [1.165, 1.54) is 11.1 Å². The Labute approximate surface area is 135 Å². The minimum Gasteiger partial charge on any atom is -0.365 e. The highest BCUT2D eigenvalue weighted by atomic mass is 15.0. The monoisotopic (exact) mass is 299 g/mol. The van der Waals surface area contributed by atoms with Crippen molar-refractivity contribution in [2.45, 2.75) is 13.5 Å². The molecule has 0 saturated carbocycles. The molecule has 3 nitrogen and oxygen atoms in total. The van der Waals surface area contributed by atoms with Gasteiger partial charge in [-0.1, -0.05) is 42.5 Å². The van der Waals surface area contributed by atoms with Crippen LogP contribution < -0.4 is 5.32 Å².